The molecule has 1 saturated heterocycles. The van der Waals surface area contributed by atoms with E-state index >= 15 is 0 Å². The SMILES string of the molecule is CCCN1CCC(NC(=O)C(CC(C)C)NC(=O)c2ccc(Cl)cc2Cl)CC1. The molecule has 1 aromatic carbocycles. The van der Waals surface area contributed by atoms with Gasteiger partial charge in [0.25, 0.3) is 5.91 Å². The van der Waals surface area contributed by atoms with Crippen molar-refractivity contribution >= 4 is 35.0 Å². The van der Waals surface area contributed by atoms with Crippen LogP contribution in [0, 0.1) is 5.92 Å². The summed E-state index contributed by atoms with van der Waals surface area (Å²) >= 11 is 12.0. The van der Waals surface area contributed by atoms with Gasteiger partial charge in [-0.25, -0.2) is 0 Å². The number of nitrogens with one attached hydrogen (secondary N) is 2. The minimum atomic E-state index is -0.590. The molecule has 1 heterocycles. The monoisotopic (exact) mass is 427 g/mol. The zero-order chi connectivity index (χ0) is 20.7. The maximum absolute atomic E-state index is 12.9. The van der Waals surface area contributed by atoms with Crippen molar-refractivity contribution in [2.45, 2.75) is 58.5 Å². The Hall–Kier alpha value is -1.30. The standard InChI is InChI=1S/C21H31Cl2N3O2/c1-4-9-26-10-7-16(8-11-26)24-21(28)19(12-14(2)3)25-20(27)17-6-5-15(22)13-18(17)23/h5-6,13-14,16,19H,4,7-12H2,1-3H3,(H,24,28)(H,25,27). The predicted molar refractivity (Wildman–Crippen MR) is 115 cm³/mol. The lowest BCUT2D eigenvalue weighted by molar-refractivity contribution is -0.124. The van der Waals surface area contributed by atoms with Gasteiger partial charge in [0, 0.05) is 24.2 Å². The Morgan fingerprint density at radius 2 is 1.89 bits per heavy atom. The summed E-state index contributed by atoms with van der Waals surface area (Å²) in [5.41, 5.74) is 0.320. The minimum absolute atomic E-state index is 0.124. The quantitative estimate of drug-likeness (QED) is 0.655. The van der Waals surface area contributed by atoms with Gasteiger partial charge in [-0.3, -0.25) is 9.59 Å². The summed E-state index contributed by atoms with van der Waals surface area (Å²) in [6, 6.07) is 4.29. The van der Waals surface area contributed by atoms with Crippen molar-refractivity contribution in [2.75, 3.05) is 19.6 Å². The molecule has 7 heteroatoms. The highest BCUT2D eigenvalue weighted by atomic mass is 35.5. The Kier molecular flexibility index (Phi) is 9.06. The first kappa shape index (κ1) is 23.0. The summed E-state index contributed by atoms with van der Waals surface area (Å²) in [6.07, 6.45) is 3.60. The van der Waals surface area contributed by atoms with Crippen LogP contribution < -0.4 is 10.6 Å². The molecule has 28 heavy (non-hydrogen) atoms. The lowest BCUT2D eigenvalue weighted by Gasteiger charge is -2.33. The van der Waals surface area contributed by atoms with Crippen LogP contribution in [-0.2, 0) is 4.79 Å². The number of benzene rings is 1. The zero-order valence-corrected chi connectivity index (χ0v) is 18.4. The highest BCUT2D eigenvalue weighted by Crippen LogP contribution is 2.21. The van der Waals surface area contributed by atoms with E-state index < -0.39 is 6.04 Å². The summed E-state index contributed by atoms with van der Waals surface area (Å²) in [4.78, 5) is 28.0. The van der Waals surface area contributed by atoms with Crippen molar-refractivity contribution in [1.29, 1.82) is 0 Å². The lowest BCUT2D eigenvalue weighted by Crippen LogP contribution is -2.52. The van der Waals surface area contributed by atoms with E-state index in [9.17, 15) is 9.59 Å². The highest BCUT2D eigenvalue weighted by Gasteiger charge is 2.27. The topological polar surface area (TPSA) is 61.4 Å². The van der Waals surface area contributed by atoms with Crippen LogP contribution in [0.15, 0.2) is 18.2 Å². The first-order valence-electron chi connectivity index (χ1n) is 10.1. The van der Waals surface area contributed by atoms with Gasteiger partial charge in [-0.05, 0) is 56.3 Å². The fourth-order valence-electron chi connectivity index (χ4n) is 3.53. The van der Waals surface area contributed by atoms with Gasteiger partial charge in [0.2, 0.25) is 5.91 Å². The maximum atomic E-state index is 12.9. The fourth-order valence-corrected chi connectivity index (χ4v) is 4.03. The summed E-state index contributed by atoms with van der Waals surface area (Å²) < 4.78 is 0. The Labute approximate surface area is 178 Å². The van der Waals surface area contributed by atoms with Crippen LogP contribution in [0.5, 0.6) is 0 Å². The third-order valence-electron chi connectivity index (χ3n) is 4.98. The van der Waals surface area contributed by atoms with Gasteiger partial charge < -0.3 is 15.5 Å². The number of carbonyl (C=O) groups is 2. The first-order chi connectivity index (χ1) is 13.3. The Morgan fingerprint density at radius 1 is 1.21 bits per heavy atom. The van der Waals surface area contributed by atoms with Gasteiger partial charge in [0.15, 0.2) is 0 Å². The van der Waals surface area contributed by atoms with Crippen molar-refractivity contribution in [2.24, 2.45) is 5.92 Å². The van der Waals surface area contributed by atoms with Gasteiger partial charge in [0.05, 0.1) is 10.6 Å². The van der Waals surface area contributed by atoms with Gasteiger partial charge in [0.1, 0.15) is 6.04 Å². The van der Waals surface area contributed by atoms with Crippen LogP contribution in [0.2, 0.25) is 10.0 Å². The number of carbonyl (C=O) groups excluding carboxylic acids is 2. The smallest absolute Gasteiger partial charge is 0.253 e. The minimum Gasteiger partial charge on any atom is -0.351 e. The molecule has 5 nitrogen and oxygen atoms in total. The largest absolute Gasteiger partial charge is 0.351 e. The van der Waals surface area contributed by atoms with Gasteiger partial charge in [-0.1, -0.05) is 44.0 Å². The average molecular weight is 428 g/mol. The molecule has 0 saturated carbocycles. The Balaban J connectivity index is 1.98. The average Bonchev–Trinajstić information content (AvgIpc) is 2.62. The molecule has 2 rings (SSSR count). The molecule has 0 bridgehead atoms. The molecular formula is C21H31Cl2N3O2. The van der Waals surface area contributed by atoms with Crippen molar-refractivity contribution in [3.8, 4) is 0 Å². The lowest BCUT2D eigenvalue weighted by atomic mass is 10.00. The Bertz CT molecular complexity index is 674. The molecule has 1 aliphatic rings. The van der Waals surface area contributed by atoms with E-state index in [1.54, 1.807) is 12.1 Å². The van der Waals surface area contributed by atoms with Crippen molar-refractivity contribution < 1.29 is 9.59 Å². The number of hydrogen-bond acceptors (Lipinski definition) is 3. The van der Waals surface area contributed by atoms with Gasteiger partial charge in [-0.2, -0.15) is 0 Å². The van der Waals surface area contributed by atoms with E-state index in [2.05, 4.69) is 22.5 Å². The third kappa shape index (κ3) is 6.94. The number of likely N-dealkylation sites (tertiary alicyclic amines) is 1. The van der Waals surface area contributed by atoms with Crippen LogP contribution in [0.1, 0.15) is 56.8 Å². The normalized spacial score (nSPS) is 16.8. The maximum Gasteiger partial charge on any atom is 0.253 e. The van der Waals surface area contributed by atoms with E-state index in [1.807, 2.05) is 13.8 Å². The number of piperidine rings is 1. The summed E-state index contributed by atoms with van der Waals surface area (Å²) in [6.45, 7) is 9.35. The van der Waals surface area contributed by atoms with Gasteiger partial charge in [-0.15, -0.1) is 0 Å². The van der Waals surface area contributed by atoms with Gasteiger partial charge >= 0.3 is 0 Å². The third-order valence-corrected chi connectivity index (χ3v) is 5.53. The fraction of sp³-hybridized carbons (Fsp3) is 0.619. The second-order valence-corrected chi connectivity index (χ2v) is 8.75. The van der Waals surface area contributed by atoms with E-state index in [-0.39, 0.29) is 28.8 Å². The zero-order valence-electron chi connectivity index (χ0n) is 16.9. The summed E-state index contributed by atoms with van der Waals surface area (Å²) in [7, 11) is 0. The number of nitrogens with zero attached hydrogens (tertiary/aromatic N) is 1. The molecule has 0 spiro atoms. The molecular weight excluding hydrogens is 397 g/mol. The highest BCUT2D eigenvalue weighted by molar-refractivity contribution is 6.36. The summed E-state index contributed by atoms with van der Waals surface area (Å²) in [5.74, 6) is -0.218. The molecule has 0 aromatic heterocycles. The molecule has 1 aromatic rings. The van der Waals surface area contributed by atoms with E-state index in [1.165, 1.54) is 6.07 Å². The van der Waals surface area contributed by atoms with Crippen molar-refractivity contribution in [3.05, 3.63) is 33.8 Å². The molecule has 2 amide bonds. The molecule has 156 valence electrons. The van der Waals surface area contributed by atoms with Crippen molar-refractivity contribution in [3.63, 3.8) is 0 Å². The second kappa shape index (κ2) is 11.0. The molecule has 0 aliphatic carbocycles. The van der Waals surface area contributed by atoms with E-state index in [0.717, 1.165) is 38.9 Å². The molecule has 1 atom stereocenters. The predicted octanol–water partition coefficient (Wildman–Crippen LogP) is 4.13. The van der Waals surface area contributed by atoms with Crippen molar-refractivity contribution in [1.82, 2.24) is 15.5 Å². The van der Waals surface area contributed by atoms with Crippen LogP contribution in [0.25, 0.3) is 0 Å². The van der Waals surface area contributed by atoms with E-state index in [0.29, 0.717) is 17.0 Å². The van der Waals surface area contributed by atoms with Crippen LogP contribution in [0.3, 0.4) is 0 Å². The van der Waals surface area contributed by atoms with Crippen LogP contribution >= 0.6 is 23.2 Å². The van der Waals surface area contributed by atoms with Crippen LogP contribution in [0.4, 0.5) is 0 Å². The molecule has 1 unspecified atom stereocenters. The molecule has 0 radical (unpaired) electrons. The Morgan fingerprint density at radius 3 is 2.46 bits per heavy atom. The molecule has 1 aliphatic heterocycles. The molecule has 1 fully saturated rings. The number of amides is 2. The second-order valence-electron chi connectivity index (χ2n) is 7.90. The first-order valence-corrected chi connectivity index (χ1v) is 10.8. The number of halogens is 2. The number of rotatable bonds is 8. The number of hydrogen-bond donors (Lipinski definition) is 2. The van der Waals surface area contributed by atoms with Crippen LogP contribution in [-0.4, -0.2) is 48.4 Å². The summed E-state index contributed by atoms with van der Waals surface area (Å²) in [5, 5.41) is 6.73. The molecule has 2 N–H and O–H groups in total. The van der Waals surface area contributed by atoms with E-state index in [4.69, 9.17) is 23.2 Å².